The highest BCUT2D eigenvalue weighted by Gasteiger charge is 2.15. The van der Waals surface area contributed by atoms with Gasteiger partial charge in [0.2, 0.25) is 5.91 Å². The van der Waals surface area contributed by atoms with Gasteiger partial charge in [-0.2, -0.15) is 11.8 Å². The van der Waals surface area contributed by atoms with E-state index in [1.807, 2.05) is 24.4 Å². The van der Waals surface area contributed by atoms with Crippen LogP contribution in [0.1, 0.15) is 31.2 Å². The van der Waals surface area contributed by atoms with Gasteiger partial charge < -0.3 is 15.8 Å². The minimum absolute atomic E-state index is 0.00870. The second kappa shape index (κ2) is 9.81. The Morgan fingerprint density at radius 3 is 2.90 bits per heavy atom. The maximum absolute atomic E-state index is 11.8. The average molecular weight is 330 g/mol. The molecular formula is C14H22N2O3S2. The van der Waals surface area contributed by atoms with Crippen LogP contribution in [0.25, 0.3) is 0 Å². The molecule has 1 aromatic heterocycles. The summed E-state index contributed by atoms with van der Waals surface area (Å²) in [5.74, 6) is 0.631. The Morgan fingerprint density at radius 2 is 2.29 bits per heavy atom. The topological polar surface area (TPSA) is 81.4 Å². The molecule has 0 saturated carbocycles. The Hall–Kier alpha value is -1.05. The third-order valence-electron chi connectivity index (χ3n) is 2.74. The Balaban J connectivity index is 2.15. The first-order chi connectivity index (χ1) is 10.0. The molecule has 21 heavy (non-hydrogen) atoms. The largest absolute Gasteiger partial charge is 0.465 e. The first-order valence-corrected chi connectivity index (χ1v) is 8.90. The van der Waals surface area contributed by atoms with Gasteiger partial charge in [-0.25, -0.2) is 0 Å². The van der Waals surface area contributed by atoms with Crippen LogP contribution in [0.5, 0.6) is 0 Å². The minimum atomic E-state index is -0.606. The highest BCUT2D eigenvalue weighted by molar-refractivity contribution is 7.99. The van der Waals surface area contributed by atoms with Crippen LogP contribution < -0.4 is 11.1 Å². The first kappa shape index (κ1) is 18.0. The molecule has 0 radical (unpaired) electrons. The first-order valence-electron chi connectivity index (χ1n) is 6.87. The summed E-state index contributed by atoms with van der Waals surface area (Å²) in [6.45, 7) is 4.05. The van der Waals surface area contributed by atoms with Crippen LogP contribution in [0.2, 0.25) is 0 Å². The zero-order valence-corrected chi connectivity index (χ0v) is 14.0. The van der Waals surface area contributed by atoms with Crippen molar-refractivity contribution in [1.82, 2.24) is 5.32 Å². The summed E-state index contributed by atoms with van der Waals surface area (Å²) >= 11 is 3.09. The molecule has 0 bridgehead atoms. The number of thiophene rings is 1. The van der Waals surface area contributed by atoms with E-state index in [2.05, 4.69) is 5.32 Å². The zero-order valence-electron chi connectivity index (χ0n) is 12.3. The molecule has 118 valence electrons. The van der Waals surface area contributed by atoms with E-state index in [0.717, 1.165) is 4.88 Å². The molecule has 0 spiro atoms. The summed E-state index contributed by atoms with van der Waals surface area (Å²) in [6, 6.07) is 3.39. The minimum Gasteiger partial charge on any atom is -0.465 e. The highest BCUT2D eigenvalue weighted by Crippen LogP contribution is 2.18. The van der Waals surface area contributed by atoms with Crippen molar-refractivity contribution in [2.75, 3.05) is 18.1 Å². The fourth-order valence-corrected chi connectivity index (χ4v) is 3.20. The van der Waals surface area contributed by atoms with Crippen LogP contribution in [0, 0.1) is 0 Å². The lowest BCUT2D eigenvalue weighted by molar-refractivity contribution is -0.144. The summed E-state index contributed by atoms with van der Waals surface area (Å²) in [5.41, 5.74) is 5.68. The molecule has 3 N–H and O–H groups in total. The highest BCUT2D eigenvalue weighted by atomic mass is 32.2. The SMILES string of the molecule is CCOC(=O)C(N)CCSCC(=O)NC(C)c1cccs1. The van der Waals surface area contributed by atoms with E-state index in [1.165, 1.54) is 11.8 Å². The smallest absolute Gasteiger partial charge is 0.322 e. The summed E-state index contributed by atoms with van der Waals surface area (Å²) in [5, 5.41) is 4.93. The van der Waals surface area contributed by atoms with Crippen molar-refractivity contribution >= 4 is 35.0 Å². The Bertz CT molecular complexity index is 437. The van der Waals surface area contributed by atoms with Crippen molar-refractivity contribution in [2.45, 2.75) is 32.4 Å². The number of hydrogen-bond donors (Lipinski definition) is 2. The number of nitrogens with two attached hydrogens (primary N) is 1. The number of ether oxygens (including phenoxy) is 1. The van der Waals surface area contributed by atoms with E-state index in [-0.39, 0.29) is 17.9 Å². The third kappa shape index (κ3) is 6.97. The van der Waals surface area contributed by atoms with Crippen LogP contribution >= 0.6 is 23.1 Å². The molecule has 7 heteroatoms. The Kier molecular flexibility index (Phi) is 8.41. The van der Waals surface area contributed by atoms with Gasteiger partial charge in [0.1, 0.15) is 6.04 Å². The fourth-order valence-electron chi connectivity index (χ4n) is 1.63. The maximum Gasteiger partial charge on any atom is 0.322 e. The molecule has 1 heterocycles. The van der Waals surface area contributed by atoms with Crippen molar-refractivity contribution in [3.63, 3.8) is 0 Å². The molecule has 0 aliphatic rings. The van der Waals surface area contributed by atoms with Crippen LogP contribution in [0.3, 0.4) is 0 Å². The quantitative estimate of drug-likeness (QED) is 0.534. The van der Waals surface area contributed by atoms with Gasteiger partial charge in [-0.3, -0.25) is 9.59 Å². The molecule has 5 nitrogen and oxygen atoms in total. The van der Waals surface area contributed by atoms with Crippen molar-refractivity contribution in [2.24, 2.45) is 5.73 Å². The number of carbonyl (C=O) groups is 2. The average Bonchev–Trinajstić information content (AvgIpc) is 2.97. The maximum atomic E-state index is 11.8. The normalized spacial score (nSPS) is 13.5. The molecule has 0 saturated heterocycles. The standard InChI is InChI=1S/C14H22N2O3S2/c1-3-19-14(18)11(15)6-8-20-9-13(17)16-10(2)12-5-4-7-21-12/h4-5,7,10-11H,3,6,8-9,15H2,1-2H3,(H,16,17). The molecular weight excluding hydrogens is 308 g/mol. The molecule has 1 rings (SSSR count). The summed E-state index contributed by atoms with van der Waals surface area (Å²) in [7, 11) is 0. The van der Waals surface area contributed by atoms with Crippen LogP contribution in [-0.2, 0) is 14.3 Å². The number of esters is 1. The zero-order chi connectivity index (χ0) is 15.7. The van der Waals surface area contributed by atoms with Crippen LogP contribution in [0.4, 0.5) is 0 Å². The van der Waals surface area contributed by atoms with E-state index in [1.54, 1.807) is 18.3 Å². The van der Waals surface area contributed by atoms with E-state index in [9.17, 15) is 9.59 Å². The number of rotatable bonds is 9. The molecule has 1 aromatic rings. The molecule has 1 amide bonds. The molecule has 0 aliphatic carbocycles. The van der Waals surface area contributed by atoms with Gasteiger partial charge in [-0.1, -0.05) is 6.07 Å². The number of hydrogen-bond acceptors (Lipinski definition) is 6. The predicted molar refractivity (Wildman–Crippen MR) is 87.4 cm³/mol. The Morgan fingerprint density at radius 1 is 1.52 bits per heavy atom. The second-order valence-corrected chi connectivity index (χ2v) is 6.59. The van der Waals surface area contributed by atoms with Crippen molar-refractivity contribution < 1.29 is 14.3 Å². The van der Waals surface area contributed by atoms with Crippen molar-refractivity contribution in [3.8, 4) is 0 Å². The molecule has 0 fully saturated rings. The molecule has 0 aromatic carbocycles. The van der Waals surface area contributed by atoms with E-state index < -0.39 is 6.04 Å². The second-order valence-electron chi connectivity index (χ2n) is 4.50. The van der Waals surface area contributed by atoms with Gasteiger partial charge in [0.05, 0.1) is 18.4 Å². The van der Waals surface area contributed by atoms with Gasteiger partial charge in [0.15, 0.2) is 0 Å². The molecule has 2 atom stereocenters. The predicted octanol–water partition coefficient (Wildman–Crippen LogP) is 1.94. The lowest BCUT2D eigenvalue weighted by Crippen LogP contribution is -2.33. The molecule has 0 aliphatic heterocycles. The van der Waals surface area contributed by atoms with E-state index in [0.29, 0.717) is 24.5 Å². The van der Waals surface area contributed by atoms with Gasteiger partial charge in [-0.05, 0) is 37.5 Å². The van der Waals surface area contributed by atoms with Crippen molar-refractivity contribution in [1.29, 1.82) is 0 Å². The van der Waals surface area contributed by atoms with Crippen LogP contribution in [0.15, 0.2) is 17.5 Å². The summed E-state index contributed by atoms with van der Waals surface area (Å²) < 4.78 is 4.82. The number of nitrogens with one attached hydrogen (secondary N) is 1. The fraction of sp³-hybridized carbons (Fsp3) is 0.571. The van der Waals surface area contributed by atoms with Crippen LogP contribution in [-0.4, -0.2) is 36.0 Å². The van der Waals surface area contributed by atoms with Gasteiger partial charge in [0, 0.05) is 4.88 Å². The summed E-state index contributed by atoms with van der Waals surface area (Å²) in [6.07, 6.45) is 0.511. The lowest BCUT2D eigenvalue weighted by Gasteiger charge is -2.12. The van der Waals surface area contributed by atoms with E-state index >= 15 is 0 Å². The number of amides is 1. The monoisotopic (exact) mass is 330 g/mol. The molecule has 2 unspecified atom stereocenters. The lowest BCUT2D eigenvalue weighted by atomic mass is 10.2. The number of thioether (sulfide) groups is 1. The van der Waals surface area contributed by atoms with E-state index in [4.69, 9.17) is 10.5 Å². The van der Waals surface area contributed by atoms with Gasteiger partial charge >= 0.3 is 5.97 Å². The Labute approximate surface area is 133 Å². The van der Waals surface area contributed by atoms with Gasteiger partial charge in [-0.15, -0.1) is 11.3 Å². The summed E-state index contributed by atoms with van der Waals surface area (Å²) in [4.78, 5) is 24.2. The van der Waals surface area contributed by atoms with Crippen molar-refractivity contribution in [3.05, 3.63) is 22.4 Å². The van der Waals surface area contributed by atoms with Gasteiger partial charge in [0.25, 0.3) is 0 Å². The number of carbonyl (C=O) groups excluding carboxylic acids is 2. The third-order valence-corrected chi connectivity index (χ3v) is 4.79.